The first-order valence-corrected chi connectivity index (χ1v) is 4.43. The first kappa shape index (κ1) is 10.2. The second-order valence-electron chi connectivity index (χ2n) is 3.57. The first-order chi connectivity index (χ1) is 6.06. The highest BCUT2D eigenvalue weighted by Crippen LogP contribution is 2.22. The molecule has 72 valence electrons. The molecule has 13 heavy (non-hydrogen) atoms. The van der Waals surface area contributed by atoms with Crippen LogP contribution in [-0.2, 0) is 0 Å². The molecular weight excluding hydrogens is 167 g/mol. The molecule has 0 aliphatic rings. The van der Waals surface area contributed by atoms with E-state index in [1.165, 1.54) is 0 Å². The topological polar surface area (TPSA) is 20.2 Å². The van der Waals surface area contributed by atoms with Gasteiger partial charge in [-0.15, -0.1) is 0 Å². The van der Waals surface area contributed by atoms with E-state index < -0.39 is 0 Å². The first-order valence-electron chi connectivity index (χ1n) is 4.43. The van der Waals surface area contributed by atoms with Gasteiger partial charge < -0.3 is 5.11 Å². The molecule has 0 aliphatic carbocycles. The normalized spacial score (nSPS) is 13.0. The molecular formula is C11H15FO. The largest absolute Gasteiger partial charge is 0.396 e. The lowest BCUT2D eigenvalue weighted by Crippen LogP contribution is -2.04. The van der Waals surface area contributed by atoms with Gasteiger partial charge in [0.2, 0.25) is 0 Å². The van der Waals surface area contributed by atoms with Crippen molar-refractivity contribution in [1.82, 2.24) is 0 Å². The zero-order valence-corrected chi connectivity index (χ0v) is 8.26. The fourth-order valence-corrected chi connectivity index (χ4v) is 1.44. The average Bonchev–Trinajstić information content (AvgIpc) is 2.10. The molecule has 1 atom stereocenters. The van der Waals surface area contributed by atoms with E-state index in [1.807, 2.05) is 19.9 Å². The van der Waals surface area contributed by atoms with Crippen LogP contribution in [0.1, 0.15) is 29.5 Å². The van der Waals surface area contributed by atoms with Crippen molar-refractivity contribution < 1.29 is 9.50 Å². The highest BCUT2D eigenvalue weighted by Gasteiger charge is 2.12. The number of aryl methyl sites for hydroxylation is 2. The minimum absolute atomic E-state index is 0.0141. The number of aliphatic hydroxyl groups excluding tert-OH is 1. The molecule has 0 saturated heterocycles. The minimum Gasteiger partial charge on any atom is -0.396 e. The summed E-state index contributed by atoms with van der Waals surface area (Å²) < 4.78 is 13.5. The van der Waals surface area contributed by atoms with Crippen molar-refractivity contribution in [3.63, 3.8) is 0 Å². The number of halogens is 1. The van der Waals surface area contributed by atoms with Gasteiger partial charge in [0.15, 0.2) is 0 Å². The molecule has 0 spiro atoms. The van der Waals surface area contributed by atoms with Gasteiger partial charge in [-0.2, -0.15) is 0 Å². The van der Waals surface area contributed by atoms with Gasteiger partial charge in [0, 0.05) is 12.5 Å². The summed E-state index contributed by atoms with van der Waals surface area (Å²) >= 11 is 0. The molecule has 1 rings (SSSR count). The molecule has 0 aromatic heterocycles. The Hall–Kier alpha value is -0.890. The van der Waals surface area contributed by atoms with Crippen molar-refractivity contribution in [2.75, 3.05) is 6.61 Å². The molecule has 1 aromatic carbocycles. The van der Waals surface area contributed by atoms with Gasteiger partial charge in [0.25, 0.3) is 0 Å². The Bertz CT molecular complexity index is 307. The van der Waals surface area contributed by atoms with Crippen LogP contribution in [-0.4, -0.2) is 11.7 Å². The summed E-state index contributed by atoms with van der Waals surface area (Å²) in [5, 5.41) is 8.93. The Balaban J connectivity index is 3.20. The zero-order chi connectivity index (χ0) is 10.0. The highest BCUT2D eigenvalue weighted by molar-refractivity contribution is 5.32. The summed E-state index contributed by atoms with van der Waals surface area (Å²) in [4.78, 5) is 0. The maximum atomic E-state index is 13.5. The van der Waals surface area contributed by atoms with Gasteiger partial charge in [-0.05, 0) is 25.0 Å². The molecule has 0 bridgehead atoms. The van der Waals surface area contributed by atoms with Crippen molar-refractivity contribution in [3.05, 3.63) is 34.6 Å². The third-order valence-electron chi connectivity index (χ3n) is 2.23. The Morgan fingerprint density at radius 2 is 2.00 bits per heavy atom. The fourth-order valence-electron chi connectivity index (χ4n) is 1.44. The molecule has 1 nitrogen and oxygen atoms in total. The highest BCUT2D eigenvalue weighted by atomic mass is 19.1. The minimum atomic E-state index is -0.188. The Kier molecular flexibility index (Phi) is 3.04. The molecule has 1 N–H and O–H groups in total. The molecule has 0 saturated carbocycles. The molecule has 0 aliphatic heterocycles. The van der Waals surface area contributed by atoms with E-state index in [1.54, 1.807) is 13.0 Å². The lowest BCUT2D eigenvalue weighted by molar-refractivity contribution is 0.270. The molecule has 0 amide bonds. The van der Waals surface area contributed by atoms with Crippen LogP contribution in [0.3, 0.4) is 0 Å². The van der Waals surface area contributed by atoms with Gasteiger partial charge in [0.1, 0.15) is 5.82 Å². The maximum Gasteiger partial charge on any atom is 0.129 e. The van der Waals surface area contributed by atoms with Crippen LogP contribution in [0, 0.1) is 19.7 Å². The number of benzene rings is 1. The standard InChI is InChI=1S/C11H15FO/c1-7-4-8(2)11(12)10(5-7)9(3)6-13/h4-5,9,13H,6H2,1-3H3. The van der Waals surface area contributed by atoms with Crippen molar-refractivity contribution in [1.29, 1.82) is 0 Å². The van der Waals surface area contributed by atoms with Crippen molar-refractivity contribution in [2.45, 2.75) is 26.7 Å². The second-order valence-corrected chi connectivity index (χ2v) is 3.57. The zero-order valence-electron chi connectivity index (χ0n) is 8.26. The average molecular weight is 182 g/mol. The number of aliphatic hydroxyl groups is 1. The van der Waals surface area contributed by atoms with Crippen molar-refractivity contribution in [2.24, 2.45) is 0 Å². The van der Waals surface area contributed by atoms with Crippen LogP contribution in [0.15, 0.2) is 12.1 Å². The van der Waals surface area contributed by atoms with Gasteiger partial charge >= 0.3 is 0 Å². The number of hydrogen-bond acceptors (Lipinski definition) is 1. The van der Waals surface area contributed by atoms with Crippen LogP contribution in [0.2, 0.25) is 0 Å². The lowest BCUT2D eigenvalue weighted by atomic mass is 9.97. The third-order valence-corrected chi connectivity index (χ3v) is 2.23. The van der Waals surface area contributed by atoms with E-state index in [-0.39, 0.29) is 18.3 Å². The molecule has 1 aromatic rings. The van der Waals surface area contributed by atoms with Crippen LogP contribution in [0.25, 0.3) is 0 Å². The van der Waals surface area contributed by atoms with Gasteiger partial charge in [0.05, 0.1) is 0 Å². The third kappa shape index (κ3) is 2.07. The Labute approximate surface area is 78.2 Å². The SMILES string of the molecule is Cc1cc(C)c(F)c(C(C)CO)c1. The van der Waals surface area contributed by atoms with Gasteiger partial charge in [-0.3, -0.25) is 0 Å². The Morgan fingerprint density at radius 1 is 1.38 bits per heavy atom. The van der Waals surface area contributed by atoms with Crippen LogP contribution < -0.4 is 0 Å². The summed E-state index contributed by atoms with van der Waals surface area (Å²) in [7, 11) is 0. The monoisotopic (exact) mass is 182 g/mol. The van der Waals surface area contributed by atoms with E-state index in [9.17, 15) is 4.39 Å². The smallest absolute Gasteiger partial charge is 0.129 e. The molecule has 0 heterocycles. The lowest BCUT2D eigenvalue weighted by Gasteiger charge is -2.12. The Morgan fingerprint density at radius 3 is 2.54 bits per heavy atom. The van der Waals surface area contributed by atoms with Crippen molar-refractivity contribution in [3.8, 4) is 0 Å². The molecule has 0 radical (unpaired) electrons. The van der Waals surface area contributed by atoms with Crippen LogP contribution in [0.4, 0.5) is 4.39 Å². The van der Waals surface area contributed by atoms with E-state index in [2.05, 4.69) is 0 Å². The predicted octanol–water partition coefficient (Wildman–Crippen LogP) is 2.54. The second kappa shape index (κ2) is 3.88. The molecule has 1 unspecified atom stereocenters. The summed E-state index contributed by atoms with van der Waals surface area (Å²) in [6.45, 7) is 5.48. The molecule has 0 fully saturated rings. The summed E-state index contributed by atoms with van der Waals surface area (Å²) in [5.41, 5.74) is 2.30. The predicted molar refractivity (Wildman–Crippen MR) is 51.4 cm³/mol. The number of rotatable bonds is 2. The van der Waals surface area contributed by atoms with Crippen LogP contribution in [0.5, 0.6) is 0 Å². The summed E-state index contributed by atoms with van der Waals surface area (Å²) in [5.74, 6) is -0.314. The van der Waals surface area contributed by atoms with Crippen LogP contribution >= 0.6 is 0 Å². The van der Waals surface area contributed by atoms with Crippen molar-refractivity contribution >= 4 is 0 Å². The quantitative estimate of drug-likeness (QED) is 0.745. The maximum absolute atomic E-state index is 13.5. The van der Waals surface area contributed by atoms with Gasteiger partial charge in [-0.1, -0.05) is 24.6 Å². The molecule has 2 heteroatoms. The number of hydrogen-bond donors (Lipinski definition) is 1. The van der Waals surface area contributed by atoms with E-state index >= 15 is 0 Å². The summed E-state index contributed by atoms with van der Waals surface area (Å²) in [6, 6.07) is 3.60. The van der Waals surface area contributed by atoms with E-state index in [4.69, 9.17) is 5.11 Å². The van der Waals surface area contributed by atoms with E-state index in [0.29, 0.717) is 11.1 Å². The fraction of sp³-hybridized carbons (Fsp3) is 0.455. The van der Waals surface area contributed by atoms with Gasteiger partial charge in [-0.25, -0.2) is 4.39 Å². The van der Waals surface area contributed by atoms with E-state index in [0.717, 1.165) is 5.56 Å². The summed E-state index contributed by atoms with van der Waals surface area (Å²) in [6.07, 6.45) is 0.